The lowest BCUT2D eigenvalue weighted by molar-refractivity contribution is 0.0696. The van der Waals surface area contributed by atoms with Crippen LogP contribution in [0.15, 0.2) is 12.3 Å². The molecule has 0 aliphatic rings. The van der Waals surface area contributed by atoms with Crippen molar-refractivity contribution in [2.75, 3.05) is 18.0 Å². The van der Waals surface area contributed by atoms with Crippen molar-refractivity contribution in [3.8, 4) is 0 Å². The highest BCUT2D eigenvalue weighted by molar-refractivity contribution is 5.87. The molecule has 118 valence electrons. The van der Waals surface area contributed by atoms with Gasteiger partial charge in [0.05, 0.1) is 5.56 Å². The first-order valence-corrected chi connectivity index (χ1v) is 7.76. The Hall–Kier alpha value is -1.58. The molecule has 21 heavy (non-hydrogen) atoms. The minimum Gasteiger partial charge on any atom is -0.478 e. The van der Waals surface area contributed by atoms with E-state index in [9.17, 15) is 4.79 Å². The number of carbonyl (C=O) groups is 1. The summed E-state index contributed by atoms with van der Waals surface area (Å²) in [5, 5.41) is 9.04. The van der Waals surface area contributed by atoms with Crippen LogP contribution in [0.4, 0.5) is 5.82 Å². The predicted molar refractivity (Wildman–Crippen MR) is 87.1 cm³/mol. The number of anilines is 1. The predicted octanol–water partition coefficient (Wildman–Crippen LogP) is 3.99. The summed E-state index contributed by atoms with van der Waals surface area (Å²) < 4.78 is 0. The second-order valence-corrected chi connectivity index (χ2v) is 6.52. The minimum atomic E-state index is -0.923. The Bertz CT molecular complexity index is 458. The van der Waals surface area contributed by atoms with E-state index in [0.717, 1.165) is 37.3 Å². The van der Waals surface area contributed by atoms with Gasteiger partial charge in [-0.05, 0) is 43.2 Å². The molecule has 0 saturated carbocycles. The molecular weight excluding hydrogens is 264 g/mol. The third kappa shape index (κ3) is 5.74. The van der Waals surface area contributed by atoms with Crippen LogP contribution >= 0.6 is 0 Å². The summed E-state index contributed by atoms with van der Waals surface area (Å²) in [6.07, 6.45) is 3.68. The monoisotopic (exact) mass is 292 g/mol. The number of hydrogen-bond acceptors (Lipinski definition) is 3. The summed E-state index contributed by atoms with van der Waals surface area (Å²) in [5.41, 5.74) is 1.19. The SMILES string of the molecule is Cc1cc(C(=O)O)cnc1N(CCC(C)C)CCC(C)C. The maximum atomic E-state index is 11.0. The van der Waals surface area contributed by atoms with Gasteiger partial charge in [0, 0.05) is 19.3 Å². The summed E-state index contributed by atoms with van der Waals surface area (Å²) in [5.74, 6) is 1.28. The summed E-state index contributed by atoms with van der Waals surface area (Å²) >= 11 is 0. The van der Waals surface area contributed by atoms with Crippen molar-refractivity contribution in [1.82, 2.24) is 4.98 Å². The molecule has 1 aromatic rings. The molecule has 0 fully saturated rings. The van der Waals surface area contributed by atoms with E-state index in [1.165, 1.54) is 6.20 Å². The number of rotatable bonds is 8. The molecule has 0 aliphatic carbocycles. The van der Waals surface area contributed by atoms with Crippen LogP contribution in [0.3, 0.4) is 0 Å². The topological polar surface area (TPSA) is 53.4 Å². The lowest BCUT2D eigenvalue weighted by Crippen LogP contribution is -2.29. The fraction of sp³-hybridized carbons (Fsp3) is 0.647. The van der Waals surface area contributed by atoms with Gasteiger partial charge < -0.3 is 10.0 Å². The van der Waals surface area contributed by atoms with Crippen LogP contribution in [-0.4, -0.2) is 29.1 Å². The van der Waals surface area contributed by atoms with Gasteiger partial charge in [-0.1, -0.05) is 27.7 Å². The van der Waals surface area contributed by atoms with Gasteiger partial charge >= 0.3 is 5.97 Å². The van der Waals surface area contributed by atoms with Gasteiger partial charge in [-0.2, -0.15) is 0 Å². The number of nitrogens with zero attached hydrogens (tertiary/aromatic N) is 2. The summed E-state index contributed by atoms with van der Waals surface area (Å²) in [6.45, 7) is 12.7. The average Bonchev–Trinajstić information content (AvgIpc) is 2.38. The Labute approximate surface area is 128 Å². The highest BCUT2D eigenvalue weighted by Crippen LogP contribution is 2.20. The third-order valence-electron chi connectivity index (χ3n) is 3.55. The first-order chi connectivity index (χ1) is 9.81. The molecule has 1 N–H and O–H groups in total. The number of carboxylic acids is 1. The Balaban J connectivity index is 2.92. The zero-order valence-electron chi connectivity index (χ0n) is 13.9. The van der Waals surface area contributed by atoms with E-state index >= 15 is 0 Å². The molecule has 0 aliphatic heterocycles. The summed E-state index contributed by atoms with van der Waals surface area (Å²) in [6, 6.07) is 1.71. The van der Waals surface area contributed by atoms with Crippen molar-refractivity contribution in [1.29, 1.82) is 0 Å². The first kappa shape index (κ1) is 17.5. The molecule has 1 aromatic heterocycles. The van der Waals surface area contributed by atoms with Gasteiger partial charge in [-0.3, -0.25) is 0 Å². The molecule has 0 radical (unpaired) electrons. The second kappa shape index (κ2) is 8.01. The lowest BCUT2D eigenvalue weighted by Gasteiger charge is -2.27. The van der Waals surface area contributed by atoms with Crippen molar-refractivity contribution in [2.45, 2.75) is 47.5 Å². The van der Waals surface area contributed by atoms with Crippen LogP contribution in [0.2, 0.25) is 0 Å². The van der Waals surface area contributed by atoms with Crippen LogP contribution in [0, 0.1) is 18.8 Å². The van der Waals surface area contributed by atoms with E-state index in [1.54, 1.807) is 6.07 Å². The van der Waals surface area contributed by atoms with Crippen molar-refractivity contribution in [3.05, 3.63) is 23.4 Å². The molecule has 4 heteroatoms. The van der Waals surface area contributed by atoms with E-state index < -0.39 is 5.97 Å². The number of aromatic carboxylic acids is 1. The highest BCUT2D eigenvalue weighted by Gasteiger charge is 2.14. The maximum Gasteiger partial charge on any atom is 0.337 e. The number of pyridine rings is 1. The van der Waals surface area contributed by atoms with Gasteiger partial charge in [-0.15, -0.1) is 0 Å². The van der Waals surface area contributed by atoms with E-state index in [1.807, 2.05) is 6.92 Å². The Morgan fingerprint density at radius 3 is 2.10 bits per heavy atom. The van der Waals surface area contributed by atoms with Gasteiger partial charge in [0.25, 0.3) is 0 Å². The van der Waals surface area contributed by atoms with Gasteiger partial charge in [-0.25, -0.2) is 9.78 Å². The largest absolute Gasteiger partial charge is 0.478 e. The molecule has 0 amide bonds. The lowest BCUT2D eigenvalue weighted by atomic mass is 10.1. The first-order valence-electron chi connectivity index (χ1n) is 7.76. The van der Waals surface area contributed by atoms with Gasteiger partial charge in [0.2, 0.25) is 0 Å². The smallest absolute Gasteiger partial charge is 0.337 e. The van der Waals surface area contributed by atoms with E-state index in [4.69, 9.17) is 5.11 Å². The van der Waals surface area contributed by atoms with Crippen molar-refractivity contribution < 1.29 is 9.90 Å². The zero-order valence-corrected chi connectivity index (χ0v) is 13.9. The number of hydrogen-bond donors (Lipinski definition) is 1. The van der Waals surface area contributed by atoms with E-state index in [0.29, 0.717) is 11.8 Å². The molecule has 0 atom stereocenters. The van der Waals surface area contributed by atoms with E-state index in [-0.39, 0.29) is 5.56 Å². The molecule has 0 spiro atoms. The average molecular weight is 292 g/mol. The van der Waals surface area contributed by atoms with Crippen molar-refractivity contribution in [2.24, 2.45) is 11.8 Å². The fourth-order valence-corrected chi connectivity index (χ4v) is 2.17. The number of carboxylic acid groups (broad SMARTS) is 1. The van der Waals surface area contributed by atoms with Crippen LogP contribution in [-0.2, 0) is 0 Å². The molecule has 0 bridgehead atoms. The molecule has 1 heterocycles. The molecule has 0 aromatic carbocycles. The van der Waals surface area contributed by atoms with Crippen LogP contribution in [0.1, 0.15) is 56.5 Å². The van der Waals surface area contributed by atoms with Crippen molar-refractivity contribution in [3.63, 3.8) is 0 Å². The standard InChI is InChI=1S/C17H28N2O2/c1-12(2)6-8-19(9-7-13(3)4)16-14(5)10-15(11-18-16)17(20)21/h10-13H,6-9H2,1-5H3,(H,20,21). The molecule has 4 nitrogen and oxygen atoms in total. The molecular formula is C17H28N2O2. The molecule has 1 rings (SSSR count). The van der Waals surface area contributed by atoms with Gasteiger partial charge in [0.15, 0.2) is 0 Å². The van der Waals surface area contributed by atoms with Gasteiger partial charge in [0.1, 0.15) is 5.82 Å². The number of aryl methyl sites for hydroxylation is 1. The van der Waals surface area contributed by atoms with Crippen LogP contribution in [0.5, 0.6) is 0 Å². The Morgan fingerprint density at radius 1 is 1.19 bits per heavy atom. The minimum absolute atomic E-state index is 0.254. The Morgan fingerprint density at radius 2 is 1.71 bits per heavy atom. The Kier molecular flexibility index (Phi) is 6.66. The van der Waals surface area contributed by atoms with E-state index in [2.05, 4.69) is 37.6 Å². The normalized spacial score (nSPS) is 11.2. The molecule has 0 unspecified atom stereocenters. The quantitative estimate of drug-likeness (QED) is 0.787. The number of aromatic nitrogens is 1. The third-order valence-corrected chi connectivity index (χ3v) is 3.55. The fourth-order valence-electron chi connectivity index (χ4n) is 2.17. The summed E-state index contributed by atoms with van der Waals surface area (Å²) in [7, 11) is 0. The molecule has 0 saturated heterocycles. The zero-order chi connectivity index (χ0) is 16.0. The second-order valence-electron chi connectivity index (χ2n) is 6.52. The van der Waals surface area contributed by atoms with Crippen LogP contribution in [0.25, 0.3) is 0 Å². The highest BCUT2D eigenvalue weighted by atomic mass is 16.4. The maximum absolute atomic E-state index is 11.0. The van der Waals surface area contributed by atoms with Crippen molar-refractivity contribution >= 4 is 11.8 Å². The summed E-state index contributed by atoms with van der Waals surface area (Å²) in [4.78, 5) is 17.7. The van der Waals surface area contributed by atoms with Crippen LogP contribution < -0.4 is 4.90 Å².